The van der Waals surface area contributed by atoms with Crippen molar-refractivity contribution in [2.75, 3.05) is 28.2 Å². The van der Waals surface area contributed by atoms with Crippen LogP contribution in [-0.2, 0) is 11.2 Å². The number of rotatable bonds is 5. The van der Waals surface area contributed by atoms with Crippen LogP contribution in [0.2, 0.25) is 0 Å². The van der Waals surface area contributed by atoms with E-state index < -0.39 is 12.1 Å². The summed E-state index contributed by atoms with van der Waals surface area (Å²) in [5.74, 6) is -0.260. The molecule has 0 heterocycles. The molecule has 1 rings (SSSR count). The number of nitrogens with zero attached hydrogens (tertiary/aromatic N) is 3. The van der Waals surface area contributed by atoms with Crippen LogP contribution >= 0.6 is 0 Å². The van der Waals surface area contributed by atoms with Crippen molar-refractivity contribution in [3.63, 3.8) is 0 Å². The SMILES string of the molecule is CN(C(=O)O)[C@H](Cc1ccccc1)C(=O)N(C)N(C)C. The molecular weight excluding hydrogens is 258 g/mol. The van der Waals surface area contributed by atoms with E-state index in [0.29, 0.717) is 6.42 Å². The van der Waals surface area contributed by atoms with Crippen molar-refractivity contribution < 1.29 is 14.7 Å². The van der Waals surface area contributed by atoms with Gasteiger partial charge in [-0.2, -0.15) is 0 Å². The maximum absolute atomic E-state index is 12.4. The second-order valence-corrected chi connectivity index (χ2v) is 4.81. The predicted molar refractivity (Wildman–Crippen MR) is 76.2 cm³/mol. The Hall–Kier alpha value is -2.08. The van der Waals surface area contributed by atoms with Gasteiger partial charge < -0.3 is 5.11 Å². The van der Waals surface area contributed by atoms with Crippen LogP contribution in [0, 0.1) is 0 Å². The lowest BCUT2D eigenvalue weighted by molar-refractivity contribution is -0.146. The van der Waals surface area contributed by atoms with Gasteiger partial charge in [0.25, 0.3) is 5.91 Å². The lowest BCUT2D eigenvalue weighted by atomic mass is 10.0. The van der Waals surface area contributed by atoms with E-state index in [-0.39, 0.29) is 5.91 Å². The Labute approximate surface area is 119 Å². The summed E-state index contributed by atoms with van der Waals surface area (Å²) in [6.07, 6.45) is -0.771. The number of hydrazine groups is 1. The van der Waals surface area contributed by atoms with Gasteiger partial charge in [0.1, 0.15) is 6.04 Å². The molecule has 0 bridgehead atoms. The predicted octanol–water partition coefficient (Wildman–Crippen LogP) is 1.14. The summed E-state index contributed by atoms with van der Waals surface area (Å²) < 4.78 is 0. The first kappa shape index (κ1) is 16.0. The molecule has 6 heteroatoms. The van der Waals surface area contributed by atoms with Crippen molar-refractivity contribution in [1.82, 2.24) is 14.9 Å². The van der Waals surface area contributed by atoms with E-state index >= 15 is 0 Å². The van der Waals surface area contributed by atoms with Gasteiger partial charge in [0.2, 0.25) is 0 Å². The fourth-order valence-corrected chi connectivity index (χ4v) is 1.77. The molecule has 0 fully saturated rings. The summed E-state index contributed by atoms with van der Waals surface area (Å²) in [6, 6.07) is 8.63. The maximum Gasteiger partial charge on any atom is 0.407 e. The molecule has 0 saturated carbocycles. The van der Waals surface area contributed by atoms with Gasteiger partial charge in [0, 0.05) is 34.6 Å². The molecule has 0 saturated heterocycles. The van der Waals surface area contributed by atoms with Gasteiger partial charge in [-0.1, -0.05) is 30.3 Å². The maximum atomic E-state index is 12.4. The van der Waals surface area contributed by atoms with Crippen LogP contribution < -0.4 is 0 Å². The molecule has 1 N–H and O–H groups in total. The monoisotopic (exact) mass is 279 g/mol. The van der Waals surface area contributed by atoms with Crippen LogP contribution in [0.1, 0.15) is 5.56 Å². The quantitative estimate of drug-likeness (QED) is 0.821. The van der Waals surface area contributed by atoms with Crippen LogP contribution in [0.3, 0.4) is 0 Å². The second-order valence-electron chi connectivity index (χ2n) is 4.81. The average molecular weight is 279 g/mol. The van der Waals surface area contributed by atoms with Gasteiger partial charge in [-0.3, -0.25) is 14.7 Å². The molecule has 0 unspecified atom stereocenters. The van der Waals surface area contributed by atoms with E-state index in [1.807, 2.05) is 30.3 Å². The summed E-state index contributed by atoms with van der Waals surface area (Å²) in [7, 11) is 6.50. The molecule has 0 aliphatic rings. The van der Waals surface area contributed by atoms with Crippen molar-refractivity contribution in [3.8, 4) is 0 Å². The van der Waals surface area contributed by atoms with Crippen molar-refractivity contribution in [2.45, 2.75) is 12.5 Å². The summed E-state index contributed by atoms with van der Waals surface area (Å²) in [6.45, 7) is 0. The zero-order valence-corrected chi connectivity index (χ0v) is 12.3. The lowest BCUT2D eigenvalue weighted by Crippen LogP contribution is -2.52. The number of carbonyl (C=O) groups is 2. The van der Waals surface area contributed by atoms with Gasteiger partial charge in [-0.05, 0) is 5.56 Å². The summed E-state index contributed by atoms with van der Waals surface area (Å²) in [5.41, 5.74) is 0.922. The minimum absolute atomic E-state index is 0.260. The zero-order valence-electron chi connectivity index (χ0n) is 12.3. The molecule has 1 aromatic rings. The molecule has 0 aliphatic carbocycles. The van der Waals surface area contributed by atoms with Gasteiger partial charge >= 0.3 is 6.09 Å². The number of likely N-dealkylation sites (N-methyl/N-ethyl adjacent to an activating group) is 2. The van der Waals surface area contributed by atoms with Gasteiger partial charge in [0.05, 0.1) is 0 Å². The minimum atomic E-state index is -1.12. The highest BCUT2D eigenvalue weighted by Crippen LogP contribution is 2.11. The van der Waals surface area contributed by atoms with E-state index in [0.717, 1.165) is 10.5 Å². The molecule has 0 radical (unpaired) electrons. The first-order valence-corrected chi connectivity index (χ1v) is 6.29. The first-order chi connectivity index (χ1) is 9.34. The minimum Gasteiger partial charge on any atom is -0.465 e. The van der Waals surface area contributed by atoms with E-state index in [4.69, 9.17) is 5.11 Å². The fourth-order valence-electron chi connectivity index (χ4n) is 1.77. The van der Waals surface area contributed by atoms with E-state index in [2.05, 4.69) is 0 Å². The zero-order chi connectivity index (χ0) is 15.3. The van der Waals surface area contributed by atoms with Crippen molar-refractivity contribution in [3.05, 3.63) is 35.9 Å². The van der Waals surface area contributed by atoms with E-state index in [9.17, 15) is 9.59 Å². The summed E-state index contributed by atoms with van der Waals surface area (Å²) in [4.78, 5) is 24.6. The van der Waals surface area contributed by atoms with Gasteiger partial charge in [-0.15, -0.1) is 0 Å². The Morgan fingerprint density at radius 1 is 1.10 bits per heavy atom. The third-order valence-electron chi connectivity index (χ3n) is 3.25. The van der Waals surface area contributed by atoms with Crippen LogP contribution in [0.15, 0.2) is 30.3 Å². The number of hydrogen-bond acceptors (Lipinski definition) is 3. The number of hydrogen-bond donors (Lipinski definition) is 1. The number of benzene rings is 1. The highest BCUT2D eigenvalue weighted by molar-refractivity contribution is 5.85. The molecule has 2 amide bonds. The molecule has 20 heavy (non-hydrogen) atoms. The average Bonchev–Trinajstić information content (AvgIpc) is 2.43. The number of carbonyl (C=O) groups excluding carboxylic acids is 1. The third-order valence-corrected chi connectivity index (χ3v) is 3.25. The smallest absolute Gasteiger partial charge is 0.407 e. The Kier molecular flexibility index (Phi) is 5.52. The summed E-state index contributed by atoms with van der Waals surface area (Å²) in [5, 5.41) is 12.2. The Balaban J connectivity index is 2.97. The van der Waals surface area contributed by atoms with Gasteiger partial charge in [-0.25, -0.2) is 9.80 Å². The normalized spacial score (nSPS) is 12.1. The fraction of sp³-hybridized carbons (Fsp3) is 0.429. The van der Waals surface area contributed by atoms with Crippen LogP contribution in [0.25, 0.3) is 0 Å². The second kappa shape index (κ2) is 6.91. The van der Waals surface area contributed by atoms with Crippen molar-refractivity contribution in [1.29, 1.82) is 0 Å². The number of amides is 2. The van der Waals surface area contributed by atoms with Crippen molar-refractivity contribution >= 4 is 12.0 Å². The molecule has 110 valence electrons. The molecule has 6 nitrogen and oxygen atoms in total. The highest BCUT2D eigenvalue weighted by Gasteiger charge is 2.30. The largest absolute Gasteiger partial charge is 0.465 e. The standard InChI is InChI=1S/C14H21N3O3/c1-15(2)17(4)13(18)12(16(3)14(19)20)10-11-8-6-5-7-9-11/h5-9,12H,10H2,1-4H3,(H,19,20)/t12-/m1/s1. The Morgan fingerprint density at radius 3 is 2.10 bits per heavy atom. The molecule has 1 aromatic carbocycles. The van der Waals surface area contributed by atoms with Gasteiger partial charge in [0.15, 0.2) is 0 Å². The van der Waals surface area contributed by atoms with Crippen molar-refractivity contribution in [2.24, 2.45) is 0 Å². The van der Waals surface area contributed by atoms with E-state index in [1.165, 1.54) is 12.1 Å². The molecule has 1 atom stereocenters. The highest BCUT2D eigenvalue weighted by atomic mass is 16.4. The molecule has 0 aliphatic heterocycles. The molecule has 0 spiro atoms. The summed E-state index contributed by atoms with van der Waals surface area (Å²) >= 11 is 0. The first-order valence-electron chi connectivity index (χ1n) is 6.29. The van der Waals surface area contributed by atoms with E-state index in [1.54, 1.807) is 26.2 Å². The van der Waals surface area contributed by atoms with Crippen LogP contribution in [-0.4, -0.2) is 66.3 Å². The molecule has 0 aromatic heterocycles. The lowest BCUT2D eigenvalue weighted by Gasteiger charge is -2.32. The Bertz CT molecular complexity index is 462. The van der Waals surface area contributed by atoms with Crippen LogP contribution in [0.5, 0.6) is 0 Å². The number of carboxylic acid groups (broad SMARTS) is 1. The Morgan fingerprint density at radius 2 is 1.65 bits per heavy atom. The topological polar surface area (TPSA) is 64.1 Å². The third kappa shape index (κ3) is 3.96. The van der Waals surface area contributed by atoms with Crippen LogP contribution in [0.4, 0.5) is 4.79 Å². The molecular formula is C14H21N3O3.